The Hall–Kier alpha value is -2.54. The predicted octanol–water partition coefficient (Wildman–Crippen LogP) is 3.35. The molecule has 4 rings (SSSR count). The van der Waals surface area contributed by atoms with E-state index in [-0.39, 0.29) is 10.2 Å². The fourth-order valence-electron chi connectivity index (χ4n) is 3.37. The highest BCUT2D eigenvalue weighted by molar-refractivity contribution is 9.10. The maximum atomic E-state index is 13.8. The lowest BCUT2D eigenvalue weighted by atomic mass is 9.87. The average Bonchev–Trinajstić information content (AvgIpc) is 3.11. The number of Topliss-reactive ketones (excluding diaryl/α,β-unsaturated/α-hetero) is 1. The second-order valence-corrected chi connectivity index (χ2v) is 6.65. The molecule has 0 saturated heterocycles. The largest absolute Gasteiger partial charge is 0.468 e. The van der Waals surface area contributed by atoms with Crippen molar-refractivity contribution in [3.63, 3.8) is 0 Å². The van der Waals surface area contributed by atoms with Crippen LogP contribution in [0, 0.1) is 11.7 Å². The van der Waals surface area contributed by atoms with Gasteiger partial charge in [0.1, 0.15) is 23.1 Å². The summed E-state index contributed by atoms with van der Waals surface area (Å²) in [5, 5.41) is 0. The number of imidazole rings is 1. The summed E-state index contributed by atoms with van der Waals surface area (Å²) in [6.45, 7) is 0. The van der Waals surface area contributed by atoms with Crippen molar-refractivity contribution in [1.29, 1.82) is 0 Å². The number of carbonyl (C=O) groups excluding carboxylic acids is 2. The lowest BCUT2D eigenvalue weighted by Gasteiger charge is -2.18. The van der Waals surface area contributed by atoms with E-state index in [2.05, 4.69) is 20.9 Å². The summed E-state index contributed by atoms with van der Waals surface area (Å²) in [6.07, 6.45) is 1.53. The molecule has 0 saturated carbocycles. The van der Waals surface area contributed by atoms with Gasteiger partial charge in [-0.25, -0.2) is 9.37 Å². The predicted molar refractivity (Wildman–Crippen MR) is 91.0 cm³/mol. The monoisotopic (exact) mass is 402 g/mol. The zero-order valence-corrected chi connectivity index (χ0v) is 14.7. The lowest BCUT2D eigenvalue weighted by molar-refractivity contribution is -0.143. The number of aromatic nitrogens is 2. The standard InChI is InChI=1S/C18H12BrFN2O3/c1-25-18(24)14-13(9-5-3-2-4-6-9)16-15(17(14)23)21-12-7-11(20)10(19)8-22(12)16/h2-8,13-14H,1H3. The molecule has 0 amide bonds. The van der Waals surface area contributed by atoms with Gasteiger partial charge >= 0.3 is 5.97 Å². The molecule has 2 atom stereocenters. The first-order chi connectivity index (χ1) is 12.0. The van der Waals surface area contributed by atoms with Crippen LogP contribution < -0.4 is 0 Å². The zero-order valence-electron chi connectivity index (χ0n) is 13.1. The van der Waals surface area contributed by atoms with Crippen molar-refractivity contribution >= 4 is 33.3 Å². The molecule has 0 fully saturated rings. The Morgan fingerprint density at radius 1 is 1.32 bits per heavy atom. The van der Waals surface area contributed by atoms with Crippen LogP contribution in [0.4, 0.5) is 4.39 Å². The normalized spacial score (nSPS) is 19.2. The molecule has 3 aromatic rings. The van der Waals surface area contributed by atoms with Crippen LogP contribution in [0.3, 0.4) is 0 Å². The zero-order chi connectivity index (χ0) is 17.7. The van der Waals surface area contributed by atoms with Crippen molar-refractivity contribution < 1.29 is 18.7 Å². The molecule has 1 aromatic carbocycles. The molecule has 0 radical (unpaired) electrons. The minimum atomic E-state index is -0.995. The highest BCUT2D eigenvalue weighted by atomic mass is 79.9. The van der Waals surface area contributed by atoms with Crippen LogP contribution in [0.15, 0.2) is 47.1 Å². The van der Waals surface area contributed by atoms with E-state index in [9.17, 15) is 14.0 Å². The van der Waals surface area contributed by atoms with Gasteiger partial charge in [0.25, 0.3) is 0 Å². The van der Waals surface area contributed by atoms with Crippen LogP contribution in [0.1, 0.15) is 27.7 Å². The van der Waals surface area contributed by atoms with Crippen molar-refractivity contribution in [1.82, 2.24) is 9.38 Å². The number of pyridine rings is 1. The van der Waals surface area contributed by atoms with Crippen LogP contribution >= 0.6 is 15.9 Å². The van der Waals surface area contributed by atoms with Gasteiger partial charge in [-0.05, 0) is 21.5 Å². The first-order valence-electron chi connectivity index (χ1n) is 7.57. The molecule has 2 unspecified atom stereocenters. The van der Waals surface area contributed by atoms with Crippen molar-refractivity contribution in [2.24, 2.45) is 5.92 Å². The van der Waals surface area contributed by atoms with Crippen molar-refractivity contribution in [3.8, 4) is 0 Å². The maximum Gasteiger partial charge on any atom is 0.317 e. The van der Waals surface area contributed by atoms with Crippen molar-refractivity contribution in [3.05, 3.63) is 69.8 Å². The third kappa shape index (κ3) is 2.30. The smallest absolute Gasteiger partial charge is 0.317 e. The maximum absolute atomic E-state index is 13.8. The fraction of sp³-hybridized carbons (Fsp3) is 0.167. The minimum absolute atomic E-state index is 0.182. The molecule has 2 aromatic heterocycles. The molecule has 1 aliphatic rings. The van der Waals surface area contributed by atoms with Crippen LogP contribution in [0.2, 0.25) is 0 Å². The molecular weight excluding hydrogens is 391 g/mol. The Morgan fingerprint density at radius 3 is 2.72 bits per heavy atom. The first-order valence-corrected chi connectivity index (χ1v) is 8.36. The number of esters is 1. The molecule has 0 spiro atoms. The summed E-state index contributed by atoms with van der Waals surface area (Å²) in [4.78, 5) is 29.4. The van der Waals surface area contributed by atoms with Gasteiger partial charge in [-0.2, -0.15) is 0 Å². The van der Waals surface area contributed by atoms with Crippen LogP contribution in [-0.2, 0) is 9.53 Å². The highest BCUT2D eigenvalue weighted by Gasteiger charge is 2.49. The van der Waals surface area contributed by atoms with E-state index in [1.165, 1.54) is 19.4 Å². The SMILES string of the molecule is COC(=O)C1C(=O)c2nc3cc(F)c(Br)cn3c2C1c1ccccc1. The molecule has 5 nitrogen and oxygen atoms in total. The topological polar surface area (TPSA) is 60.7 Å². The molecule has 0 aliphatic heterocycles. The summed E-state index contributed by atoms with van der Waals surface area (Å²) in [6, 6.07) is 10.5. The third-order valence-electron chi connectivity index (χ3n) is 4.46. The van der Waals surface area contributed by atoms with Crippen molar-refractivity contribution in [2.45, 2.75) is 5.92 Å². The van der Waals surface area contributed by atoms with Gasteiger partial charge < -0.3 is 9.14 Å². The number of nitrogens with zero attached hydrogens (tertiary/aromatic N) is 2. The van der Waals surface area contributed by atoms with Crippen molar-refractivity contribution in [2.75, 3.05) is 7.11 Å². The summed E-state index contributed by atoms with van der Waals surface area (Å²) in [7, 11) is 1.26. The molecule has 126 valence electrons. The fourth-order valence-corrected chi connectivity index (χ4v) is 3.69. The summed E-state index contributed by atoms with van der Waals surface area (Å²) >= 11 is 3.16. The number of methoxy groups -OCH3 is 1. The van der Waals surface area contributed by atoms with E-state index in [4.69, 9.17) is 4.74 Å². The van der Waals surface area contributed by atoms with E-state index in [0.29, 0.717) is 11.3 Å². The molecule has 25 heavy (non-hydrogen) atoms. The Kier molecular flexibility index (Phi) is 3.68. The molecule has 7 heteroatoms. The summed E-state index contributed by atoms with van der Waals surface area (Å²) in [5.41, 5.74) is 1.87. The highest BCUT2D eigenvalue weighted by Crippen LogP contribution is 2.43. The number of rotatable bonds is 2. The van der Waals surface area contributed by atoms with E-state index in [1.54, 1.807) is 4.40 Å². The summed E-state index contributed by atoms with van der Waals surface area (Å²) in [5.74, 6) is -3.01. The van der Waals surface area contributed by atoms with Gasteiger partial charge in [-0.3, -0.25) is 9.59 Å². The van der Waals surface area contributed by atoms with Crippen LogP contribution in [0.25, 0.3) is 5.65 Å². The van der Waals surface area contributed by atoms with E-state index in [1.807, 2.05) is 30.3 Å². The number of benzene rings is 1. The first kappa shape index (κ1) is 16.0. The Morgan fingerprint density at radius 2 is 2.04 bits per heavy atom. The van der Waals surface area contributed by atoms with Gasteiger partial charge in [-0.15, -0.1) is 0 Å². The number of hydrogen-bond donors (Lipinski definition) is 0. The Labute approximate surface area is 150 Å². The van der Waals surface area contributed by atoms with E-state index >= 15 is 0 Å². The van der Waals surface area contributed by atoms with Crippen LogP contribution in [-0.4, -0.2) is 28.2 Å². The van der Waals surface area contributed by atoms with E-state index < -0.39 is 29.4 Å². The van der Waals surface area contributed by atoms with Gasteiger partial charge in [0.05, 0.1) is 17.3 Å². The number of carbonyl (C=O) groups is 2. The quantitative estimate of drug-likeness (QED) is 0.487. The summed E-state index contributed by atoms with van der Waals surface area (Å²) < 4.78 is 20.6. The second kappa shape index (κ2) is 5.77. The van der Waals surface area contributed by atoms with Crippen LogP contribution in [0.5, 0.6) is 0 Å². The average molecular weight is 403 g/mol. The van der Waals surface area contributed by atoms with Gasteiger partial charge in [0, 0.05) is 18.2 Å². The molecule has 0 bridgehead atoms. The number of fused-ring (bicyclic) bond motifs is 3. The second-order valence-electron chi connectivity index (χ2n) is 5.80. The molecule has 0 N–H and O–H groups in total. The number of hydrogen-bond acceptors (Lipinski definition) is 4. The van der Waals surface area contributed by atoms with Gasteiger partial charge in [0.2, 0.25) is 0 Å². The number of ether oxygens (including phenoxy) is 1. The van der Waals surface area contributed by atoms with E-state index in [0.717, 1.165) is 5.56 Å². The Balaban J connectivity index is 2.01. The van der Waals surface area contributed by atoms with Gasteiger partial charge in [-0.1, -0.05) is 30.3 Å². The molecular formula is C18H12BrFN2O3. The number of ketones is 1. The minimum Gasteiger partial charge on any atom is -0.468 e. The molecule has 2 heterocycles. The molecule has 1 aliphatic carbocycles. The van der Waals surface area contributed by atoms with Gasteiger partial charge in [0.15, 0.2) is 5.78 Å². The number of halogens is 2. The Bertz CT molecular complexity index is 1020. The third-order valence-corrected chi connectivity index (χ3v) is 5.04. The lowest BCUT2D eigenvalue weighted by Crippen LogP contribution is -2.27.